The lowest BCUT2D eigenvalue weighted by Crippen LogP contribution is -2.33. The molecule has 2 aromatic heterocycles. The number of rotatable bonds is 4. The fourth-order valence-corrected chi connectivity index (χ4v) is 2.72. The number of hydrogen-bond donors (Lipinski definition) is 1. The van der Waals surface area contributed by atoms with Gasteiger partial charge in [0, 0.05) is 37.5 Å². The molecule has 1 saturated heterocycles. The Labute approximate surface area is 135 Å². The molecule has 0 bridgehead atoms. The molecular formula is C16H22N6O. The smallest absolute Gasteiger partial charge is 0.249 e. The second kappa shape index (κ2) is 5.98. The molecule has 1 fully saturated rings. The van der Waals surface area contributed by atoms with Crippen molar-refractivity contribution in [3.63, 3.8) is 0 Å². The molecule has 1 N–H and O–H groups in total. The number of amides is 1. The number of carbonyl (C=O) groups is 1. The summed E-state index contributed by atoms with van der Waals surface area (Å²) in [7, 11) is 1.84. The lowest BCUT2D eigenvalue weighted by Gasteiger charge is -2.16. The van der Waals surface area contributed by atoms with Crippen LogP contribution in [0.15, 0.2) is 18.5 Å². The van der Waals surface area contributed by atoms with Gasteiger partial charge in [0.05, 0.1) is 11.9 Å². The molecule has 0 aliphatic carbocycles. The van der Waals surface area contributed by atoms with Gasteiger partial charge in [0.2, 0.25) is 5.91 Å². The number of aryl methyl sites for hydroxylation is 2. The molecule has 0 aromatic carbocycles. The van der Waals surface area contributed by atoms with Crippen LogP contribution in [0.5, 0.6) is 0 Å². The van der Waals surface area contributed by atoms with E-state index in [0.29, 0.717) is 12.4 Å². The molecule has 7 nitrogen and oxygen atoms in total. The minimum Gasteiger partial charge on any atom is -0.358 e. The summed E-state index contributed by atoms with van der Waals surface area (Å²) in [6, 6.07) is 1.62. The first-order valence-corrected chi connectivity index (χ1v) is 7.86. The summed E-state index contributed by atoms with van der Waals surface area (Å²) in [6.45, 7) is 6.74. The molecule has 1 atom stereocenters. The van der Waals surface area contributed by atoms with E-state index >= 15 is 0 Å². The highest BCUT2D eigenvalue weighted by molar-refractivity contribution is 6.00. The Morgan fingerprint density at radius 3 is 2.78 bits per heavy atom. The van der Waals surface area contributed by atoms with Crippen molar-refractivity contribution in [1.29, 1.82) is 0 Å². The quantitative estimate of drug-likeness (QED) is 0.932. The van der Waals surface area contributed by atoms with Crippen molar-refractivity contribution in [2.45, 2.75) is 39.2 Å². The number of anilines is 2. The molecular weight excluding hydrogens is 292 g/mol. The van der Waals surface area contributed by atoms with Gasteiger partial charge in [-0.05, 0) is 13.3 Å². The fourth-order valence-electron chi connectivity index (χ4n) is 2.72. The van der Waals surface area contributed by atoms with Crippen LogP contribution in [0.4, 0.5) is 11.5 Å². The van der Waals surface area contributed by atoms with Gasteiger partial charge in [-0.25, -0.2) is 9.97 Å². The molecule has 3 rings (SSSR count). The Balaban J connectivity index is 1.75. The maximum atomic E-state index is 12.6. The highest BCUT2D eigenvalue weighted by atomic mass is 16.2. The van der Waals surface area contributed by atoms with E-state index in [1.54, 1.807) is 15.8 Å². The lowest BCUT2D eigenvalue weighted by molar-refractivity contribution is -0.117. The molecule has 0 spiro atoms. The standard InChI is InChI=1S/C16H22N6O/c1-10(2)15-18-11(3)7-14(20-15)19-13-5-6-22(16(13)23)12-8-17-21(4)9-12/h7-10,13H,5-6H2,1-4H3,(H,18,19,20). The average molecular weight is 314 g/mol. The molecule has 122 valence electrons. The van der Waals surface area contributed by atoms with E-state index in [2.05, 4.69) is 34.2 Å². The number of hydrogen-bond acceptors (Lipinski definition) is 5. The van der Waals surface area contributed by atoms with Crippen molar-refractivity contribution in [3.8, 4) is 0 Å². The third-order valence-corrected chi connectivity index (χ3v) is 3.92. The zero-order valence-corrected chi connectivity index (χ0v) is 13.9. The Bertz CT molecular complexity index is 723. The van der Waals surface area contributed by atoms with Gasteiger partial charge in [-0.2, -0.15) is 5.10 Å². The van der Waals surface area contributed by atoms with Crippen LogP contribution in [0.2, 0.25) is 0 Å². The second-order valence-corrected chi connectivity index (χ2v) is 6.26. The first-order valence-electron chi connectivity index (χ1n) is 7.86. The molecule has 7 heteroatoms. The van der Waals surface area contributed by atoms with E-state index in [4.69, 9.17) is 0 Å². The summed E-state index contributed by atoms with van der Waals surface area (Å²) in [4.78, 5) is 23.3. The van der Waals surface area contributed by atoms with Crippen molar-refractivity contribution >= 4 is 17.4 Å². The van der Waals surface area contributed by atoms with Gasteiger partial charge in [0.25, 0.3) is 0 Å². The van der Waals surface area contributed by atoms with Crippen LogP contribution in [-0.2, 0) is 11.8 Å². The predicted molar refractivity (Wildman–Crippen MR) is 88.4 cm³/mol. The van der Waals surface area contributed by atoms with Crippen LogP contribution in [0, 0.1) is 6.92 Å². The van der Waals surface area contributed by atoms with Crippen molar-refractivity contribution in [1.82, 2.24) is 19.7 Å². The van der Waals surface area contributed by atoms with Gasteiger partial charge in [0.1, 0.15) is 17.7 Å². The van der Waals surface area contributed by atoms with Crippen molar-refractivity contribution in [2.75, 3.05) is 16.8 Å². The SMILES string of the molecule is Cc1cc(NC2CCN(c3cnn(C)c3)C2=O)nc(C(C)C)n1. The zero-order chi connectivity index (χ0) is 16.6. The van der Waals surface area contributed by atoms with Gasteiger partial charge in [0.15, 0.2) is 0 Å². The molecule has 1 unspecified atom stereocenters. The number of aromatic nitrogens is 4. The van der Waals surface area contributed by atoms with Crippen LogP contribution >= 0.6 is 0 Å². The highest BCUT2D eigenvalue weighted by Gasteiger charge is 2.33. The lowest BCUT2D eigenvalue weighted by atomic mass is 10.2. The maximum Gasteiger partial charge on any atom is 0.249 e. The van der Waals surface area contributed by atoms with E-state index in [-0.39, 0.29) is 17.9 Å². The van der Waals surface area contributed by atoms with Crippen LogP contribution in [0.25, 0.3) is 0 Å². The molecule has 3 heterocycles. The van der Waals surface area contributed by atoms with E-state index in [1.807, 2.05) is 26.2 Å². The molecule has 2 aromatic rings. The van der Waals surface area contributed by atoms with E-state index in [1.165, 1.54) is 0 Å². The Morgan fingerprint density at radius 1 is 1.35 bits per heavy atom. The first-order chi connectivity index (χ1) is 10.9. The Hall–Kier alpha value is -2.44. The number of carbonyl (C=O) groups excluding carboxylic acids is 1. The molecule has 1 aliphatic heterocycles. The number of nitrogens with one attached hydrogen (secondary N) is 1. The van der Waals surface area contributed by atoms with Gasteiger partial charge in [-0.15, -0.1) is 0 Å². The minimum absolute atomic E-state index is 0.0559. The molecule has 0 saturated carbocycles. The van der Waals surface area contributed by atoms with Gasteiger partial charge in [-0.3, -0.25) is 9.48 Å². The first kappa shape index (κ1) is 15.5. The second-order valence-electron chi connectivity index (χ2n) is 6.26. The van der Waals surface area contributed by atoms with Gasteiger partial charge in [-0.1, -0.05) is 13.8 Å². The summed E-state index contributed by atoms with van der Waals surface area (Å²) in [5.74, 6) is 1.82. The molecule has 0 radical (unpaired) electrons. The van der Waals surface area contributed by atoms with Crippen molar-refractivity contribution in [3.05, 3.63) is 30.0 Å². The monoisotopic (exact) mass is 314 g/mol. The van der Waals surface area contributed by atoms with E-state index in [0.717, 1.165) is 23.6 Å². The minimum atomic E-state index is -0.260. The van der Waals surface area contributed by atoms with Crippen LogP contribution in [0.1, 0.15) is 37.7 Å². The summed E-state index contributed by atoms with van der Waals surface area (Å²) >= 11 is 0. The number of nitrogens with zero attached hydrogens (tertiary/aromatic N) is 5. The Morgan fingerprint density at radius 2 is 2.13 bits per heavy atom. The normalized spacial score (nSPS) is 18.0. The van der Waals surface area contributed by atoms with E-state index < -0.39 is 0 Å². The van der Waals surface area contributed by atoms with Crippen LogP contribution in [-0.4, -0.2) is 38.2 Å². The fraction of sp³-hybridized carbons (Fsp3) is 0.500. The summed E-state index contributed by atoms with van der Waals surface area (Å²) in [5.41, 5.74) is 1.74. The third-order valence-electron chi connectivity index (χ3n) is 3.92. The largest absolute Gasteiger partial charge is 0.358 e. The third kappa shape index (κ3) is 3.18. The van der Waals surface area contributed by atoms with Crippen LogP contribution < -0.4 is 10.2 Å². The highest BCUT2D eigenvalue weighted by Crippen LogP contribution is 2.23. The van der Waals surface area contributed by atoms with Gasteiger partial charge < -0.3 is 10.2 Å². The molecule has 1 aliphatic rings. The van der Waals surface area contributed by atoms with Crippen molar-refractivity contribution in [2.24, 2.45) is 7.05 Å². The zero-order valence-electron chi connectivity index (χ0n) is 13.9. The summed E-state index contributed by atoms with van der Waals surface area (Å²) in [6.07, 6.45) is 4.31. The van der Waals surface area contributed by atoms with Gasteiger partial charge >= 0.3 is 0 Å². The molecule has 23 heavy (non-hydrogen) atoms. The Kier molecular flexibility index (Phi) is 4.02. The predicted octanol–water partition coefficient (Wildman–Crippen LogP) is 1.86. The summed E-state index contributed by atoms with van der Waals surface area (Å²) in [5, 5.41) is 7.39. The summed E-state index contributed by atoms with van der Waals surface area (Å²) < 4.78 is 1.70. The van der Waals surface area contributed by atoms with Crippen molar-refractivity contribution < 1.29 is 4.79 Å². The van der Waals surface area contributed by atoms with E-state index in [9.17, 15) is 4.79 Å². The van der Waals surface area contributed by atoms with Crippen LogP contribution in [0.3, 0.4) is 0 Å². The average Bonchev–Trinajstić information content (AvgIpc) is 3.05. The molecule has 1 amide bonds. The topological polar surface area (TPSA) is 75.9 Å². The maximum absolute atomic E-state index is 12.6.